The molecule has 0 aliphatic rings. The van der Waals surface area contributed by atoms with Crippen LogP contribution in [0.4, 0.5) is 43.9 Å². The van der Waals surface area contributed by atoms with E-state index in [-0.39, 0.29) is 22.2 Å². The molecule has 0 aromatic heterocycles. The number of rotatable bonds is 8. The topological polar surface area (TPSA) is 46.2 Å². The van der Waals surface area contributed by atoms with Crippen LogP contribution in [-0.4, -0.2) is 30.6 Å². The molecule has 0 aliphatic heterocycles. The van der Waals surface area contributed by atoms with Crippen molar-refractivity contribution in [3.8, 4) is 0 Å². The summed E-state index contributed by atoms with van der Waals surface area (Å²) in [6.45, 7) is -1.11. The maximum atomic E-state index is 14.8. The van der Waals surface area contributed by atoms with Gasteiger partial charge in [-0.2, -0.15) is 39.5 Å². The van der Waals surface area contributed by atoms with Gasteiger partial charge < -0.3 is 5.32 Å². The number of carbonyl (C=O) groups excluding carboxylic acids is 2. The highest BCUT2D eigenvalue weighted by Gasteiger charge is 2.40. The second-order valence-electron chi connectivity index (χ2n) is 7.78. The van der Waals surface area contributed by atoms with Crippen LogP contribution in [0.2, 0.25) is 10.0 Å². The first-order chi connectivity index (χ1) is 17.3. The number of ketones is 1. The Hall–Kier alpha value is -2.80. The van der Waals surface area contributed by atoms with Crippen molar-refractivity contribution in [3.63, 3.8) is 0 Å². The number of amides is 1. The molecule has 1 atom stereocenters. The van der Waals surface area contributed by atoms with Gasteiger partial charge in [-0.05, 0) is 29.8 Å². The molecule has 0 heterocycles. The van der Waals surface area contributed by atoms with Gasteiger partial charge in [0, 0.05) is 17.5 Å². The summed E-state index contributed by atoms with van der Waals surface area (Å²) in [5.74, 6) is -6.96. The summed E-state index contributed by atoms with van der Waals surface area (Å²) >= 11 is 11.4. The van der Waals surface area contributed by atoms with Gasteiger partial charge in [0.2, 0.25) is 5.91 Å². The maximum absolute atomic E-state index is 14.8. The Morgan fingerprint density at radius 1 is 0.895 bits per heavy atom. The standard InChI is InChI=1S/C23H15Cl2F10NO2/c24-16-4-2-11(8-17(16)25)14(22(30,31)32)9-18(26)12-1-3-13(15(7-12)23(33,34)35)19(37)10-36-20(38)5-6-21(27,28)29/h1-4,7-9,14H,5-6,10H2,(H,36,38)/b18-9-. The lowest BCUT2D eigenvalue weighted by Gasteiger charge is -2.19. The lowest BCUT2D eigenvalue weighted by Crippen LogP contribution is -2.31. The van der Waals surface area contributed by atoms with Crippen molar-refractivity contribution in [2.24, 2.45) is 0 Å². The zero-order valence-electron chi connectivity index (χ0n) is 18.6. The van der Waals surface area contributed by atoms with Crippen molar-refractivity contribution in [1.82, 2.24) is 5.32 Å². The highest BCUT2D eigenvalue weighted by molar-refractivity contribution is 6.42. The second-order valence-corrected chi connectivity index (χ2v) is 8.60. The molecule has 1 unspecified atom stereocenters. The molecular formula is C23H15Cl2F10NO2. The summed E-state index contributed by atoms with van der Waals surface area (Å²) in [6, 6.07) is 3.94. The molecule has 2 aromatic rings. The maximum Gasteiger partial charge on any atom is 0.417 e. The van der Waals surface area contributed by atoms with Crippen molar-refractivity contribution < 1.29 is 53.5 Å². The van der Waals surface area contributed by atoms with E-state index >= 15 is 0 Å². The van der Waals surface area contributed by atoms with Crippen molar-refractivity contribution in [2.75, 3.05) is 6.54 Å². The third-order valence-corrected chi connectivity index (χ3v) is 5.69. The van der Waals surface area contributed by atoms with Gasteiger partial charge in [0.05, 0.1) is 28.6 Å². The molecule has 15 heteroatoms. The van der Waals surface area contributed by atoms with Crippen LogP contribution in [0.25, 0.3) is 5.83 Å². The largest absolute Gasteiger partial charge is 0.417 e. The number of benzene rings is 2. The molecule has 0 saturated heterocycles. The number of alkyl halides is 9. The van der Waals surface area contributed by atoms with Gasteiger partial charge in [0.1, 0.15) is 11.7 Å². The van der Waals surface area contributed by atoms with E-state index < -0.39 is 83.6 Å². The highest BCUT2D eigenvalue weighted by Crippen LogP contribution is 2.41. The lowest BCUT2D eigenvalue weighted by atomic mass is 9.95. The summed E-state index contributed by atoms with van der Waals surface area (Å²) in [4.78, 5) is 23.7. The van der Waals surface area contributed by atoms with E-state index in [1.807, 2.05) is 0 Å². The molecule has 3 nitrogen and oxygen atoms in total. The molecule has 0 bridgehead atoms. The van der Waals surface area contributed by atoms with Crippen molar-refractivity contribution in [1.29, 1.82) is 0 Å². The monoisotopic (exact) mass is 597 g/mol. The van der Waals surface area contributed by atoms with E-state index in [2.05, 4.69) is 0 Å². The van der Waals surface area contributed by atoms with Crippen LogP contribution in [0.1, 0.15) is 45.8 Å². The Morgan fingerprint density at radius 2 is 1.53 bits per heavy atom. The SMILES string of the molecule is O=C(CCC(F)(F)F)NCC(=O)c1ccc(/C(F)=C/C(c2ccc(Cl)c(Cl)c2)C(F)(F)F)cc1C(F)(F)F. The second kappa shape index (κ2) is 11.9. The number of Topliss-reactive ketones (excluding diaryl/α,β-unsaturated/α-hetero) is 1. The van der Waals surface area contributed by atoms with Crippen LogP contribution in [-0.2, 0) is 11.0 Å². The van der Waals surface area contributed by atoms with Gasteiger partial charge in [0.15, 0.2) is 5.78 Å². The fourth-order valence-corrected chi connectivity index (χ4v) is 3.42. The number of nitrogens with one attached hydrogen (secondary N) is 1. The van der Waals surface area contributed by atoms with Crippen molar-refractivity contribution in [2.45, 2.75) is 37.3 Å². The van der Waals surface area contributed by atoms with E-state index in [1.165, 1.54) is 0 Å². The Labute approximate surface area is 218 Å². The van der Waals surface area contributed by atoms with E-state index in [1.54, 1.807) is 5.32 Å². The molecule has 0 fully saturated rings. The first-order valence-electron chi connectivity index (χ1n) is 10.3. The number of allylic oxidation sites excluding steroid dienone is 1. The van der Waals surface area contributed by atoms with E-state index in [4.69, 9.17) is 23.2 Å². The normalized spacial score (nSPS) is 13.8. The van der Waals surface area contributed by atoms with Gasteiger partial charge in [-0.3, -0.25) is 9.59 Å². The van der Waals surface area contributed by atoms with E-state index in [0.717, 1.165) is 18.2 Å². The Balaban J connectivity index is 2.38. The van der Waals surface area contributed by atoms with E-state index in [0.29, 0.717) is 12.1 Å². The zero-order chi connectivity index (χ0) is 29.1. The molecule has 0 spiro atoms. The fourth-order valence-electron chi connectivity index (χ4n) is 3.12. The molecule has 0 aliphatic carbocycles. The quantitative estimate of drug-likeness (QED) is 0.246. The Kier molecular flexibility index (Phi) is 9.87. The summed E-state index contributed by atoms with van der Waals surface area (Å²) in [5, 5.41) is 1.38. The predicted molar refractivity (Wildman–Crippen MR) is 118 cm³/mol. The average molecular weight is 598 g/mol. The molecule has 0 saturated carbocycles. The van der Waals surface area contributed by atoms with Gasteiger partial charge in [0.25, 0.3) is 0 Å². The molecule has 1 amide bonds. The highest BCUT2D eigenvalue weighted by atomic mass is 35.5. The Morgan fingerprint density at radius 3 is 2.05 bits per heavy atom. The van der Waals surface area contributed by atoms with Crippen LogP contribution in [0.15, 0.2) is 42.5 Å². The number of hydrogen-bond acceptors (Lipinski definition) is 2. The molecule has 2 rings (SSSR count). The third-order valence-electron chi connectivity index (χ3n) is 4.95. The first kappa shape index (κ1) is 31.4. The molecule has 38 heavy (non-hydrogen) atoms. The fraction of sp³-hybridized carbons (Fsp3) is 0.304. The van der Waals surface area contributed by atoms with Gasteiger partial charge >= 0.3 is 18.5 Å². The van der Waals surface area contributed by atoms with Crippen molar-refractivity contribution >= 4 is 40.7 Å². The van der Waals surface area contributed by atoms with Gasteiger partial charge in [-0.25, -0.2) is 4.39 Å². The number of carbonyl (C=O) groups is 2. The van der Waals surface area contributed by atoms with Crippen LogP contribution in [0.3, 0.4) is 0 Å². The summed E-state index contributed by atoms with van der Waals surface area (Å²) in [6.07, 6.45) is -17.6. The minimum Gasteiger partial charge on any atom is -0.349 e. The number of hydrogen-bond donors (Lipinski definition) is 1. The number of halogens is 12. The summed E-state index contributed by atoms with van der Waals surface area (Å²) in [7, 11) is 0. The minimum atomic E-state index is -5.28. The van der Waals surface area contributed by atoms with Crippen LogP contribution in [0.5, 0.6) is 0 Å². The zero-order valence-corrected chi connectivity index (χ0v) is 20.1. The average Bonchev–Trinajstić information content (AvgIpc) is 2.79. The summed E-state index contributed by atoms with van der Waals surface area (Å²) in [5.41, 5.74) is -4.31. The predicted octanol–water partition coefficient (Wildman–Crippen LogP) is 8.31. The molecular weight excluding hydrogens is 583 g/mol. The first-order valence-corrected chi connectivity index (χ1v) is 11.0. The third kappa shape index (κ3) is 8.90. The Bertz CT molecular complexity index is 1220. The lowest BCUT2D eigenvalue weighted by molar-refractivity contribution is -0.144. The molecule has 2 aromatic carbocycles. The van der Waals surface area contributed by atoms with Crippen LogP contribution in [0, 0.1) is 0 Å². The van der Waals surface area contributed by atoms with Gasteiger partial charge in [-0.1, -0.05) is 41.4 Å². The molecule has 0 radical (unpaired) electrons. The molecule has 208 valence electrons. The molecule has 1 N–H and O–H groups in total. The van der Waals surface area contributed by atoms with Gasteiger partial charge in [-0.15, -0.1) is 0 Å². The smallest absolute Gasteiger partial charge is 0.349 e. The van der Waals surface area contributed by atoms with E-state index in [9.17, 15) is 53.5 Å². The summed E-state index contributed by atoms with van der Waals surface area (Å²) < 4.78 is 133. The minimum absolute atomic E-state index is 0.0252. The van der Waals surface area contributed by atoms with Crippen molar-refractivity contribution in [3.05, 3.63) is 74.8 Å². The van der Waals surface area contributed by atoms with Crippen LogP contribution >= 0.6 is 23.2 Å². The van der Waals surface area contributed by atoms with Crippen LogP contribution < -0.4 is 5.32 Å².